The molecular weight excluding hydrogens is 253 g/mol. The highest BCUT2D eigenvalue weighted by molar-refractivity contribution is 7.09. The van der Waals surface area contributed by atoms with Crippen LogP contribution >= 0.6 is 11.5 Å². The van der Waals surface area contributed by atoms with Crippen molar-refractivity contribution in [1.29, 1.82) is 0 Å². The van der Waals surface area contributed by atoms with Gasteiger partial charge in [-0.3, -0.25) is 0 Å². The molecule has 0 saturated carbocycles. The van der Waals surface area contributed by atoms with Crippen molar-refractivity contribution < 1.29 is 9.13 Å². The van der Waals surface area contributed by atoms with Crippen molar-refractivity contribution in [2.24, 2.45) is 0 Å². The number of hydrogen-bond acceptors (Lipinski definition) is 5. The van der Waals surface area contributed by atoms with Crippen LogP contribution in [0.4, 0.5) is 9.52 Å². The first-order valence-electron chi connectivity index (χ1n) is 5.54. The van der Waals surface area contributed by atoms with Crippen LogP contribution in [0, 0.1) is 5.82 Å². The molecule has 0 atom stereocenters. The predicted molar refractivity (Wildman–Crippen MR) is 70.6 cm³/mol. The number of hydrogen-bond donors (Lipinski definition) is 1. The first kappa shape index (κ1) is 12.8. The molecule has 96 valence electrons. The van der Waals surface area contributed by atoms with Crippen molar-refractivity contribution in [3.8, 4) is 17.1 Å². The monoisotopic (exact) mass is 267 g/mol. The molecule has 0 aliphatic heterocycles. The molecule has 18 heavy (non-hydrogen) atoms. The molecular formula is C12H14FN3OS. The molecule has 0 aliphatic carbocycles. The fraction of sp³-hybridized carbons (Fsp3) is 0.333. The van der Waals surface area contributed by atoms with Crippen LogP contribution in [0.3, 0.4) is 0 Å². The van der Waals surface area contributed by atoms with Gasteiger partial charge in [-0.25, -0.2) is 4.39 Å². The summed E-state index contributed by atoms with van der Waals surface area (Å²) in [7, 11) is 1.43. The Kier molecular flexibility index (Phi) is 3.76. The molecule has 4 nitrogen and oxygen atoms in total. The quantitative estimate of drug-likeness (QED) is 0.924. The highest BCUT2D eigenvalue weighted by atomic mass is 32.1. The second-order valence-corrected chi connectivity index (χ2v) is 4.82. The summed E-state index contributed by atoms with van der Waals surface area (Å²) in [6, 6.07) is 4.88. The van der Waals surface area contributed by atoms with E-state index >= 15 is 0 Å². The van der Waals surface area contributed by atoms with Crippen molar-refractivity contribution in [2.75, 3.05) is 12.4 Å². The van der Waals surface area contributed by atoms with Crippen LogP contribution in [-0.4, -0.2) is 22.5 Å². The van der Waals surface area contributed by atoms with Gasteiger partial charge in [-0.15, -0.1) is 0 Å². The van der Waals surface area contributed by atoms with E-state index < -0.39 is 5.82 Å². The van der Waals surface area contributed by atoms with E-state index in [9.17, 15) is 4.39 Å². The number of aromatic nitrogens is 2. The van der Waals surface area contributed by atoms with E-state index in [0.29, 0.717) is 11.9 Å². The molecule has 0 amide bonds. The van der Waals surface area contributed by atoms with Gasteiger partial charge in [0, 0.05) is 23.1 Å². The Hall–Kier alpha value is -1.69. The average Bonchev–Trinajstić information content (AvgIpc) is 2.77. The zero-order valence-corrected chi connectivity index (χ0v) is 11.2. The number of anilines is 1. The van der Waals surface area contributed by atoms with Gasteiger partial charge in [0.15, 0.2) is 17.4 Å². The second kappa shape index (κ2) is 5.30. The first-order valence-corrected chi connectivity index (χ1v) is 6.31. The summed E-state index contributed by atoms with van der Waals surface area (Å²) in [5.41, 5.74) is 0.737. The summed E-state index contributed by atoms with van der Waals surface area (Å²) in [4.78, 5) is 4.34. The van der Waals surface area contributed by atoms with Gasteiger partial charge in [-0.2, -0.15) is 9.36 Å². The highest BCUT2D eigenvalue weighted by Gasteiger charge is 2.10. The molecule has 0 fully saturated rings. The molecule has 2 rings (SSSR count). The zero-order valence-electron chi connectivity index (χ0n) is 10.4. The second-order valence-electron chi connectivity index (χ2n) is 4.07. The molecule has 0 unspecified atom stereocenters. The highest BCUT2D eigenvalue weighted by Crippen LogP contribution is 2.26. The SMILES string of the molecule is COc1cc(-c2nsc(NC(C)C)n2)ccc1F. The summed E-state index contributed by atoms with van der Waals surface area (Å²) in [6.45, 7) is 4.06. The molecule has 1 heterocycles. The lowest BCUT2D eigenvalue weighted by molar-refractivity contribution is 0.387. The molecule has 0 saturated heterocycles. The van der Waals surface area contributed by atoms with Crippen molar-refractivity contribution in [3.63, 3.8) is 0 Å². The minimum Gasteiger partial charge on any atom is -0.494 e. The Morgan fingerprint density at radius 2 is 2.17 bits per heavy atom. The third-order valence-corrected chi connectivity index (χ3v) is 2.89. The van der Waals surface area contributed by atoms with Gasteiger partial charge in [-0.1, -0.05) is 0 Å². The summed E-state index contributed by atoms with van der Waals surface area (Å²) >= 11 is 1.28. The van der Waals surface area contributed by atoms with E-state index in [2.05, 4.69) is 14.7 Å². The van der Waals surface area contributed by atoms with E-state index in [-0.39, 0.29) is 5.75 Å². The summed E-state index contributed by atoms with van der Waals surface area (Å²) in [5, 5.41) is 3.93. The number of rotatable bonds is 4. The van der Waals surface area contributed by atoms with E-state index in [1.807, 2.05) is 13.8 Å². The Morgan fingerprint density at radius 1 is 1.39 bits per heavy atom. The van der Waals surface area contributed by atoms with Crippen molar-refractivity contribution >= 4 is 16.7 Å². The number of methoxy groups -OCH3 is 1. The summed E-state index contributed by atoms with van der Waals surface area (Å²) in [5.74, 6) is 0.374. The normalized spacial score (nSPS) is 10.7. The van der Waals surface area contributed by atoms with Gasteiger partial charge >= 0.3 is 0 Å². The maximum Gasteiger partial charge on any atom is 0.203 e. The van der Waals surface area contributed by atoms with E-state index in [1.165, 1.54) is 24.7 Å². The Labute approximate surface area is 109 Å². The Balaban J connectivity index is 2.28. The number of nitrogens with one attached hydrogen (secondary N) is 1. The Morgan fingerprint density at radius 3 is 2.83 bits per heavy atom. The maximum absolute atomic E-state index is 13.3. The van der Waals surface area contributed by atoms with E-state index in [1.54, 1.807) is 12.1 Å². The predicted octanol–water partition coefficient (Wildman–Crippen LogP) is 3.17. The number of benzene rings is 1. The molecule has 0 radical (unpaired) electrons. The average molecular weight is 267 g/mol. The fourth-order valence-corrected chi connectivity index (χ4v) is 2.18. The standard InChI is InChI=1S/C12H14FN3OS/c1-7(2)14-12-15-11(16-18-12)8-4-5-9(13)10(6-8)17-3/h4-7H,1-3H3,(H,14,15,16). The minimum absolute atomic E-state index is 0.195. The third kappa shape index (κ3) is 2.76. The maximum atomic E-state index is 13.3. The lowest BCUT2D eigenvalue weighted by Gasteiger charge is -2.04. The van der Waals surface area contributed by atoms with Crippen LogP contribution in [0.1, 0.15) is 13.8 Å². The van der Waals surface area contributed by atoms with Gasteiger partial charge in [-0.05, 0) is 32.0 Å². The Bertz CT molecular complexity index is 542. The van der Waals surface area contributed by atoms with Crippen LogP contribution in [0.5, 0.6) is 5.75 Å². The fourth-order valence-electron chi connectivity index (χ4n) is 1.45. The zero-order chi connectivity index (χ0) is 13.1. The summed E-state index contributed by atoms with van der Waals surface area (Å²) in [6.07, 6.45) is 0. The molecule has 0 bridgehead atoms. The number of ether oxygens (including phenoxy) is 1. The third-order valence-electron chi connectivity index (χ3n) is 2.25. The van der Waals surface area contributed by atoms with Gasteiger partial charge < -0.3 is 10.1 Å². The van der Waals surface area contributed by atoms with Gasteiger partial charge in [0.1, 0.15) is 0 Å². The van der Waals surface area contributed by atoms with Crippen LogP contribution in [0.2, 0.25) is 0 Å². The first-order chi connectivity index (χ1) is 8.60. The molecule has 1 aromatic carbocycles. The molecule has 1 N–H and O–H groups in total. The van der Waals surface area contributed by atoms with Gasteiger partial charge in [0.25, 0.3) is 0 Å². The van der Waals surface area contributed by atoms with Crippen molar-refractivity contribution in [3.05, 3.63) is 24.0 Å². The van der Waals surface area contributed by atoms with E-state index in [0.717, 1.165) is 10.7 Å². The van der Waals surface area contributed by atoms with Crippen LogP contribution < -0.4 is 10.1 Å². The van der Waals surface area contributed by atoms with Crippen LogP contribution in [0.15, 0.2) is 18.2 Å². The van der Waals surface area contributed by atoms with Gasteiger partial charge in [0.2, 0.25) is 5.13 Å². The molecule has 1 aromatic heterocycles. The van der Waals surface area contributed by atoms with Gasteiger partial charge in [0.05, 0.1) is 7.11 Å². The molecule has 6 heteroatoms. The number of halogens is 1. The largest absolute Gasteiger partial charge is 0.494 e. The summed E-state index contributed by atoms with van der Waals surface area (Å²) < 4.78 is 22.5. The molecule has 0 spiro atoms. The smallest absolute Gasteiger partial charge is 0.203 e. The molecule has 2 aromatic rings. The number of nitrogens with zero attached hydrogens (tertiary/aromatic N) is 2. The lowest BCUT2D eigenvalue weighted by atomic mass is 10.2. The molecule has 0 aliphatic rings. The van der Waals surface area contributed by atoms with Crippen molar-refractivity contribution in [1.82, 2.24) is 9.36 Å². The van der Waals surface area contributed by atoms with E-state index in [4.69, 9.17) is 4.74 Å². The van der Waals surface area contributed by atoms with Crippen molar-refractivity contribution in [2.45, 2.75) is 19.9 Å². The minimum atomic E-state index is -0.392. The lowest BCUT2D eigenvalue weighted by Crippen LogP contribution is -2.08. The van der Waals surface area contributed by atoms with Crippen LogP contribution in [-0.2, 0) is 0 Å². The topological polar surface area (TPSA) is 47.0 Å². The van der Waals surface area contributed by atoms with Crippen LogP contribution in [0.25, 0.3) is 11.4 Å².